The molecule has 3 aromatic heterocycles. The largest absolute Gasteiger partial charge is 0.508 e. The Bertz CT molecular complexity index is 3810. The Hall–Kier alpha value is -7.22. The van der Waals surface area contributed by atoms with Gasteiger partial charge in [-0.25, -0.2) is 29.9 Å². The maximum absolute atomic E-state index is 12.9. The lowest BCUT2D eigenvalue weighted by molar-refractivity contribution is -0.0647. The van der Waals surface area contributed by atoms with Gasteiger partial charge in [-0.1, -0.05) is 113 Å². The summed E-state index contributed by atoms with van der Waals surface area (Å²) in [4.78, 5) is 39.6. The lowest BCUT2D eigenvalue weighted by atomic mass is 9.53. The van der Waals surface area contributed by atoms with Crippen LogP contribution in [0.25, 0.3) is 89.7 Å². The maximum atomic E-state index is 12.9. The molecule has 0 spiro atoms. The van der Waals surface area contributed by atoms with E-state index < -0.39 is 5.60 Å². The van der Waals surface area contributed by atoms with Crippen molar-refractivity contribution in [2.45, 2.75) is 136 Å². The van der Waals surface area contributed by atoms with Crippen molar-refractivity contribution in [2.75, 3.05) is 0 Å². The molecule has 2 saturated carbocycles. The Labute approximate surface area is 432 Å². The lowest BCUT2D eigenvalue weighted by Crippen LogP contribution is -2.50. The summed E-state index contributed by atoms with van der Waals surface area (Å²) in [5, 5.41) is 27.0. The number of fused-ring (bicyclic) bond motifs is 25. The van der Waals surface area contributed by atoms with E-state index in [1.165, 1.54) is 27.8 Å². The van der Waals surface area contributed by atoms with Crippen LogP contribution in [0.2, 0.25) is 0 Å². The molecule has 372 valence electrons. The highest BCUT2D eigenvalue weighted by molar-refractivity contribution is 6.07. The first-order valence-corrected chi connectivity index (χ1v) is 27.5. The highest BCUT2D eigenvalue weighted by Crippen LogP contribution is 2.64. The van der Waals surface area contributed by atoms with Gasteiger partial charge in [0.15, 0.2) is 23.3 Å². The summed E-state index contributed by atoms with van der Waals surface area (Å²) in [6.07, 6.45) is 15.0. The Kier molecular flexibility index (Phi) is 11.5. The number of H-pyrrole nitrogens is 2. The van der Waals surface area contributed by atoms with E-state index in [-0.39, 0.29) is 5.41 Å². The summed E-state index contributed by atoms with van der Waals surface area (Å²) in [6.45, 7) is 8.98. The Balaban J connectivity index is 1.02. The van der Waals surface area contributed by atoms with Crippen molar-refractivity contribution in [3.63, 3.8) is 0 Å². The standard InChI is InChI=1S/C64H64N8O2/c1-5-8-12-37-17-22-46-50(33-37)59-65-55(46)67-60-52-35-39(14-10-7-3)19-24-48(52)57(69-60)71-62-54-40(15-11-16-49(54)58(72-62)70-61-51-34-38(13-9-6-2)18-23-47(51)56(66-59)68-61)27-31-64(74)32-29-53-45-25-20-41-36-42(73)21-26-43(41)44(45)28-30-63(53,64)4/h11,15-19,21-24,26,33-36,44-45,53,73-74H,5-10,12-14,20,25,28-30,32H2,1-4H3,(H2,65,66,67,68,69,70,71,72)/t44-,45-,53+,63+,64-/m1/s1. The van der Waals surface area contributed by atoms with Crippen LogP contribution in [0.3, 0.4) is 0 Å². The molecular weight excluding hydrogens is 913 g/mol. The van der Waals surface area contributed by atoms with E-state index in [1.54, 1.807) is 0 Å². The van der Waals surface area contributed by atoms with E-state index in [4.69, 9.17) is 29.9 Å². The molecule has 3 aliphatic carbocycles. The van der Waals surface area contributed by atoms with Crippen LogP contribution in [0.4, 0.5) is 0 Å². The number of rotatable bonds is 9. The first-order valence-electron chi connectivity index (χ1n) is 27.5. The quantitative estimate of drug-likeness (QED) is 0.104. The van der Waals surface area contributed by atoms with Gasteiger partial charge in [-0.3, -0.25) is 0 Å². The van der Waals surface area contributed by atoms with Crippen molar-refractivity contribution in [3.8, 4) is 63.1 Å². The van der Waals surface area contributed by atoms with Crippen LogP contribution in [-0.2, 0) is 25.7 Å². The molecule has 5 aromatic carbocycles. The maximum Gasteiger partial charge on any atom is 0.166 e. The van der Waals surface area contributed by atoms with E-state index in [9.17, 15) is 10.2 Å². The zero-order valence-corrected chi connectivity index (χ0v) is 43.1. The molecule has 10 nitrogen and oxygen atoms in total. The molecular formula is C64H64N8O2. The van der Waals surface area contributed by atoms with Crippen LogP contribution in [0.15, 0.2) is 91.0 Å². The summed E-state index contributed by atoms with van der Waals surface area (Å²) >= 11 is 0. The topological polar surface area (TPSA) is 149 Å². The summed E-state index contributed by atoms with van der Waals surface area (Å²) < 4.78 is 0. The van der Waals surface area contributed by atoms with Crippen LogP contribution < -0.4 is 0 Å². The molecule has 8 bridgehead atoms. The third kappa shape index (κ3) is 7.72. The number of nitrogens with one attached hydrogen (secondary N) is 2. The fourth-order valence-electron chi connectivity index (χ4n) is 13.7. The number of aliphatic hydroxyl groups is 1. The minimum Gasteiger partial charge on any atom is -0.508 e. The van der Waals surface area contributed by atoms with Crippen LogP contribution in [0.5, 0.6) is 5.75 Å². The number of nitrogens with zero attached hydrogens (tertiary/aromatic N) is 6. The van der Waals surface area contributed by atoms with Gasteiger partial charge in [-0.15, -0.1) is 0 Å². The molecule has 2 aliphatic heterocycles. The third-order valence-corrected chi connectivity index (χ3v) is 17.8. The zero-order chi connectivity index (χ0) is 50.3. The third-order valence-electron chi connectivity index (χ3n) is 17.8. The molecule has 5 aliphatic rings. The van der Waals surface area contributed by atoms with Gasteiger partial charge in [-0.2, -0.15) is 0 Å². The van der Waals surface area contributed by atoms with Crippen molar-refractivity contribution >= 4 is 44.1 Å². The highest BCUT2D eigenvalue weighted by Gasteiger charge is 2.61. The van der Waals surface area contributed by atoms with Crippen LogP contribution >= 0.6 is 0 Å². The van der Waals surface area contributed by atoms with Crippen molar-refractivity contribution < 1.29 is 10.2 Å². The number of aromatic nitrogens is 8. The minimum atomic E-state index is -1.17. The van der Waals surface area contributed by atoms with Gasteiger partial charge in [0, 0.05) is 54.8 Å². The van der Waals surface area contributed by atoms with E-state index in [1.807, 2.05) is 24.3 Å². The van der Waals surface area contributed by atoms with E-state index in [0.717, 1.165) is 139 Å². The summed E-state index contributed by atoms with van der Waals surface area (Å²) in [5.74, 6) is 11.0. The van der Waals surface area contributed by atoms with Crippen molar-refractivity contribution in [3.05, 3.63) is 124 Å². The number of unbranched alkanes of at least 4 members (excludes halogenated alkanes) is 3. The highest BCUT2D eigenvalue weighted by atomic mass is 16.3. The molecule has 2 fully saturated rings. The first-order chi connectivity index (χ1) is 36.1. The Morgan fingerprint density at radius 3 is 1.85 bits per heavy atom. The van der Waals surface area contributed by atoms with E-state index in [2.05, 4.69) is 116 Å². The van der Waals surface area contributed by atoms with Gasteiger partial charge in [0.05, 0.1) is 0 Å². The molecule has 10 heteroatoms. The first kappa shape index (κ1) is 46.6. The normalized spacial score (nSPS) is 21.4. The second-order valence-corrected chi connectivity index (χ2v) is 22.2. The van der Waals surface area contributed by atoms with E-state index >= 15 is 0 Å². The van der Waals surface area contributed by atoms with Crippen LogP contribution in [0.1, 0.15) is 138 Å². The van der Waals surface area contributed by atoms with Crippen molar-refractivity contribution in [1.29, 1.82) is 0 Å². The Morgan fingerprint density at radius 1 is 0.581 bits per heavy atom. The smallest absolute Gasteiger partial charge is 0.166 e. The van der Waals surface area contributed by atoms with Gasteiger partial charge in [0.2, 0.25) is 0 Å². The summed E-state index contributed by atoms with van der Waals surface area (Å²) in [6, 6.07) is 32.0. The second-order valence-electron chi connectivity index (χ2n) is 22.2. The monoisotopic (exact) mass is 977 g/mol. The molecule has 0 radical (unpaired) electrons. The second kappa shape index (κ2) is 18.3. The minimum absolute atomic E-state index is 0.344. The van der Waals surface area contributed by atoms with Crippen molar-refractivity contribution in [1.82, 2.24) is 39.9 Å². The lowest BCUT2D eigenvalue weighted by Gasteiger charge is -2.52. The number of aromatic amines is 2. The van der Waals surface area contributed by atoms with Crippen LogP contribution in [-0.4, -0.2) is 55.7 Å². The van der Waals surface area contributed by atoms with Gasteiger partial charge >= 0.3 is 0 Å². The predicted octanol–water partition coefficient (Wildman–Crippen LogP) is 14.2. The SMILES string of the molecule is CCCCc1ccc2c(c1)-c1nc-2nc2[nH]c(nc3nc(nc4[nH]c(n1)c1ccc(CCCC)cc41)-c1cccc(C#C[C@@]4(O)CC[C@H]5[C@@H]6CCc7cc(O)ccc7[C@H]6CC[C@@]54C)c1-3)c1ccc(CCCC)cc21. The average Bonchev–Trinajstić information content (AvgIpc) is 4.21. The molecule has 0 unspecified atom stereocenters. The van der Waals surface area contributed by atoms with Gasteiger partial charge < -0.3 is 20.2 Å². The summed E-state index contributed by atoms with van der Waals surface area (Å²) in [5.41, 5.74) is 11.8. The fraction of sp³-hybridized carbons (Fsp3) is 0.375. The number of phenols is 1. The average molecular weight is 977 g/mol. The van der Waals surface area contributed by atoms with E-state index in [0.29, 0.717) is 75.8 Å². The van der Waals surface area contributed by atoms with Gasteiger partial charge in [-0.05, 0) is 159 Å². The molecule has 5 atom stereocenters. The van der Waals surface area contributed by atoms with Crippen molar-refractivity contribution in [2.24, 2.45) is 17.3 Å². The molecule has 74 heavy (non-hydrogen) atoms. The summed E-state index contributed by atoms with van der Waals surface area (Å²) in [7, 11) is 0. The predicted molar refractivity (Wildman–Crippen MR) is 296 cm³/mol. The fourth-order valence-corrected chi connectivity index (χ4v) is 13.7. The molecule has 0 amide bonds. The zero-order valence-electron chi connectivity index (χ0n) is 43.1. The van der Waals surface area contributed by atoms with Crippen LogP contribution in [0, 0.1) is 29.1 Å². The molecule has 4 N–H and O–H groups in total. The number of hydrogen-bond acceptors (Lipinski definition) is 8. The molecule has 5 heterocycles. The number of phenolic OH excluding ortho intramolecular Hbond substituents is 1. The molecule has 0 saturated heterocycles. The Morgan fingerprint density at radius 2 is 1.18 bits per heavy atom. The molecule has 8 aromatic rings. The number of benzene rings is 5. The van der Waals surface area contributed by atoms with Gasteiger partial charge in [0.25, 0.3) is 0 Å². The van der Waals surface area contributed by atoms with Gasteiger partial charge in [0.1, 0.15) is 33.9 Å². The number of hydrogen-bond donors (Lipinski definition) is 4. The number of aromatic hydroxyl groups is 1. The number of aryl methyl sites for hydroxylation is 4. The molecule has 13 rings (SSSR count).